The Morgan fingerprint density at radius 1 is 1.55 bits per heavy atom. The summed E-state index contributed by atoms with van der Waals surface area (Å²) >= 11 is 5.81. The number of hydrogen-bond acceptors (Lipinski definition) is 3. The van der Waals surface area contributed by atoms with E-state index in [1.54, 1.807) is 39.1 Å². The van der Waals surface area contributed by atoms with Crippen LogP contribution in [0.25, 0.3) is 11.6 Å². The van der Waals surface area contributed by atoms with Crippen LogP contribution >= 0.6 is 11.6 Å². The molecule has 0 aliphatic heterocycles. The minimum Gasteiger partial charge on any atom is -0.457 e. The first-order chi connectivity index (χ1) is 9.31. The highest BCUT2D eigenvalue weighted by molar-refractivity contribution is 6.29. The third kappa shape index (κ3) is 5.78. The Morgan fingerprint density at radius 3 is 2.85 bits per heavy atom. The fourth-order valence-corrected chi connectivity index (χ4v) is 1.62. The normalized spacial score (nSPS) is 11.2. The number of carbonyl (C=O) groups excluding carboxylic acids is 1. The summed E-state index contributed by atoms with van der Waals surface area (Å²) in [6, 6.07) is 1.65. The third-order valence-electron chi connectivity index (χ3n) is 2.19. The molecule has 0 saturated heterocycles. The Labute approximate surface area is 122 Å². The van der Waals surface area contributed by atoms with Crippen LogP contribution in [0.4, 0.5) is 0 Å². The summed E-state index contributed by atoms with van der Waals surface area (Å²) in [6.07, 6.45) is 6.18. The molecule has 0 saturated carbocycles. The molecule has 0 atom stereocenters. The molecule has 1 heterocycles. The van der Waals surface area contributed by atoms with Gasteiger partial charge in [-0.15, -0.1) is 0 Å². The van der Waals surface area contributed by atoms with Gasteiger partial charge in [0.1, 0.15) is 10.8 Å². The van der Waals surface area contributed by atoms with Gasteiger partial charge in [0, 0.05) is 12.3 Å². The topological polar surface area (TPSA) is 75.6 Å². The molecule has 0 spiro atoms. The highest BCUT2D eigenvalue weighted by Crippen LogP contribution is 2.15. The molecule has 106 valence electrons. The molecule has 5 nitrogen and oxygen atoms in total. The van der Waals surface area contributed by atoms with Crippen molar-refractivity contribution in [1.29, 1.82) is 0 Å². The summed E-state index contributed by atoms with van der Waals surface area (Å²) < 4.78 is 5.17. The number of halogens is 1. The zero-order chi connectivity index (χ0) is 15.2. The van der Waals surface area contributed by atoms with E-state index in [9.17, 15) is 4.79 Å². The third-order valence-corrected chi connectivity index (χ3v) is 2.40. The van der Waals surface area contributed by atoms with Gasteiger partial charge < -0.3 is 10.3 Å². The molecule has 1 rings (SSSR count). The van der Waals surface area contributed by atoms with Crippen molar-refractivity contribution in [2.24, 2.45) is 0 Å². The molecular weight excluding hydrogens is 278 g/mol. The summed E-state index contributed by atoms with van der Waals surface area (Å²) in [7, 11) is 0. The fraction of sp³-hybridized carbons (Fsp3) is 0.357. The van der Waals surface area contributed by atoms with Gasteiger partial charge in [0.2, 0.25) is 0 Å². The molecule has 1 aromatic heterocycles. The predicted molar refractivity (Wildman–Crippen MR) is 77.5 cm³/mol. The van der Waals surface area contributed by atoms with Gasteiger partial charge in [0.05, 0.1) is 6.42 Å². The summed E-state index contributed by atoms with van der Waals surface area (Å²) in [4.78, 5) is 18.5. The van der Waals surface area contributed by atoms with Crippen molar-refractivity contribution in [1.82, 2.24) is 4.98 Å². The monoisotopic (exact) mass is 293 g/mol. The minimum absolute atomic E-state index is 0.334. The van der Waals surface area contributed by atoms with Gasteiger partial charge in [-0.25, -0.2) is 9.78 Å². The average Bonchev–Trinajstić information content (AvgIpc) is 2.33. The van der Waals surface area contributed by atoms with Gasteiger partial charge in [-0.05, 0) is 44.0 Å². The summed E-state index contributed by atoms with van der Waals surface area (Å²) in [5, 5.41) is 0.334. The van der Waals surface area contributed by atoms with Crippen molar-refractivity contribution >= 4 is 29.9 Å². The van der Waals surface area contributed by atoms with Crippen LogP contribution in [0.1, 0.15) is 31.9 Å². The van der Waals surface area contributed by atoms with Crippen LogP contribution in [0.5, 0.6) is 0 Å². The summed E-state index contributed by atoms with van der Waals surface area (Å²) in [5.41, 5.74) is 9.43. The first kappa shape index (κ1) is 16.1. The van der Waals surface area contributed by atoms with Crippen molar-refractivity contribution in [3.05, 3.63) is 40.2 Å². The molecular formula is C14H16ClN3O2. The zero-order valence-corrected chi connectivity index (χ0v) is 12.4. The average molecular weight is 294 g/mol. The van der Waals surface area contributed by atoms with Crippen LogP contribution in [0.3, 0.4) is 0 Å². The van der Waals surface area contributed by atoms with E-state index < -0.39 is 11.6 Å². The van der Waals surface area contributed by atoms with Crippen LogP contribution in [0.15, 0.2) is 18.3 Å². The molecule has 6 heteroatoms. The number of carbonyl (C=O) groups is 1. The Bertz CT molecular complexity index is 570. The molecule has 0 aliphatic carbocycles. The first-order valence-corrected chi connectivity index (χ1v) is 6.41. The smallest absolute Gasteiger partial charge is 0.331 e. The van der Waals surface area contributed by atoms with Crippen molar-refractivity contribution in [2.75, 3.05) is 0 Å². The second-order valence-corrected chi connectivity index (χ2v) is 5.46. The molecule has 0 bridgehead atoms. The molecule has 0 N–H and O–H groups in total. The number of pyridine rings is 1. The highest BCUT2D eigenvalue weighted by Gasteiger charge is 2.14. The molecule has 20 heavy (non-hydrogen) atoms. The fourth-order valence-electron chi connectivity index (χ4n) is 1.44. The second-order valence-electron chi connectivity index (χ2n) is 5.07. The van der Waals surface area contributed by atoms with E-state index in [0.29, 0.717) is 17.1 Å². The Kier molecular flexibility index (Phi) is 5.62. The van der Waals surface area contributed by atoms with Crippen LogP contribution in [-0.4, -0.2) is 27.6 Å². The number of nitrogens with zero attached hydrogens (tertiary/aromatic N) is 3. The maximum atomic E-state index is 11.6. The predicted octanol–water partition coefficient (Wildman–Crippen LogP) is 2.93. The van der Waals surface area contributed by atoms with Gasteiger partial charge in [-0.3, -0.25) is 0 Å². The number of hydrogen-bond donors (Lipinski definition) is 0. The Hall–Kier alpha value is -1.97. The second kappa shape index (κ2) is 6.98. The van der Waals surface area contributed by atoms with E-state index >= 15 is 0 Å². The first-order valence-electron chi connectivity index (χ1n) is 6.03. The number of rotatable bonds is 4. The minimum atomic E-state index is -0.536. The molecule has 0 fully saturated rings. The molecule has 0 aromatic carbocycles. The van der Waals surface area contributed by atoms with Gasteiger partial charge in [0.25, 0.3) is 6.21 Å². The maximum Gasteiger partial charge on any atom is 0.331 e. The number of aromatic nitrogens is 1. The van der Waals surface area contributed by atoms with E-state index in [2.05, 4.69) is 9.77 Å². The van der Waals surface area contributed by atoms with Crippen molar-refractivity contribution in [3.63, 3.8) is 0 Å². The van der Waals surface area contributed by atoms with Crippen molar-refractivity contribution in [2.45, 2.75) is 32.8 Å². The van der Waals surface area contributed by atoms with Gasteiger partial charge >= 0.3 is 5.97 Å². The maximum absolute atomic E-state index is 11.6. The Balaban J connectivity index is 2.91. The standard InChI is InChI=1S/C14H16ClN3O2/c1-14(2,3)20-13(19)5-4-11-9-17-12(15)8-10(11)6-7-18-16/h4-5,7-9H,6H2,1-3H3/b5-4+. The van der Waals surface area contributed by atoms with E-state index in [-0.39, 0.29) is 0 Å². The van der Waals surface area contributed by atoms with Gasteiger partial charge in [0.15, 0.2) is 0 Å². The Morgan fingerprint density at radius 2 is 2.25 bits per heavy atom. The zero-order valence-electron chi connectivity index (χ0n) is 11.6. The summed E-state index contributed by atoms with van der Waals surface area (Å²) in [5.74, 6) is -0.436. The SMILES string of the molecule is CC(C)(C)OC(=O)/C=C/c1cnc(Cl)cc1CC=[N+]=[N-]. The van der Waals surface area contributed by atoms with Crippen LogP contribution < -0.4 is 0 Å². The van der Waals surface area contributed by atoms with Crippen LogP contribution in [0, 0.1) is 0 Å². The largest absolute Gasteiger partial charge is 0.457 e. The van der Waals surface area contributed by atoms with Crippen LogP contribution in [0.2, 0.25) is 5.15 Å². The lowest BCUT2D eigenvalue weighted by Crippen LogP contribution is -2.22. The summed E-state index contributed by atoms with van der Waals surface area (Å²) in [6.45, 7) is 5.39. The quantitative estimate of drug-likeness (QED) is 0.214. The molecule has 1 aromatic rings. The molecule has 0 unspecified atom stereocenters. The lowest BCUT2D eigenvalue weighted by molar-refractivity contribution is -0.148. The van der Waals surface area contributed by atoms with Gasteiger partial charge in [-0.2, -0.15) is 4.79 Å². The van der Waals surface area contributed by atoms with Crippen molar-refractivity contribution in [3.8, 4) is 0 Å². The number of esters is 1. The highest BCUT2D eigenvalue weighted by atomic mass is 35.5. The van der Waals surface area contributed by atoms with E-state index in [0.717, 1.165) is 5.56 Å². The van der Waals surface area contributed by atoms with Crippen molar-refractivity contribution < 1.29 is 14.3 Å². The molecule has 0 aliphatic rings. The molecule has 0 radical (unpaired) electrons. The van der Waals surface area contributed by atoms with E-state index in [1.165, 1.54) is 12.3 Å². The lowest BCUT2D eigenvalue weighted by atomic mass is 10.1. The molecule has 0 amide bonds. The number of ether oxygens (including phenoxy) is 1. The lowest BCUT2D eigenvalue weighted by Gasteiger charge is -2.17. The van der Waals surface area contributed by atoms with E-state index in [1.807, 2.05) is 0 Å². The van der Waals surface area contributed by atoms with E-state index in [4.69, 9.17) is 21.9 Å². The van der Waals surface area contributed by atoms with Gasteiger partial charge in [-0.1, -0.05) is 11.6 Å². The van der Waals surface area contributed by atoms with Crippen LogP contribution in [-0.2, 0) is 16.0 Å².